The summed E-state index contributed by atoms with van der Waals surface area (Å²) in [5, 5.41) is 7.52. The molecule has 0 radical (unpaired) electrons. The van der Waals surface area contributed by atoms with E-state index in [1.807, 2.05) is 19.1 Å². The third-order valence-corrected chi connectivity index (χ3v) is 5.69. The van der Waals surface area contributed by atoms with Gasteiger partial charge in [0.2, 0.25) is 0 Å². The zero-order chi connectivity index (χ0) is 18.6. The van der Waals surface area contributed by atoms with Crippen LogP contribution in [-0.4, -0.2) is 36.1 Å². The Balaban J connectivity index is 1.84. The molecule has 0 spiro atoms. The van der Waals surface area contributed by atoms with Crippen LogP contribution in [-0.2, 0) is 17.2 Å². The molecule has 1 N–H and O–H groups in total. The van der Waals surface area contributed by atoms with Gasteiger partial charge in [-0.25, -0.2) is 4.68 Å². The fourth-order valence-corrected chi connectivity index (χ4v) is 3.80. The molecule has 26 heavy (non-hydrogen) atoms. The smallest absolute Gasteiger partial charge is 0.282 e. The van der Waals surface area contributed by atoms with Crippen LogP contribution in [0.2, 0.25) is 0 Å². The Bertz CT molecular complexity index is 799. The van der Waals surface area contributed by atoms with Gasteiger partial charge in [0.15, 0.2) is 0 Å². The third-order valence-electron chi connectivity index (χ3n) is 4.92. The molecule has 0 aliphatic carbocycles. The van der Waals surface area contributed by atoms with Crippen LogP contribution in [0.25, 0.3) is 0 Å². The monoisotopic (exact) mass is 421 g/mol. The normalized spacial score (nSPS) is 16.3. The summed E-state index contributed by atoms with van der Waals surface area (Å²) in [6.45, 7) is 4.80. The van der Waals surface area contributed by atoms with Crippen LogP contribution in [0.4, 0.5) is 5.69 Å². The molecule has 1 aliphatic heterocycles. The first kappa shape index (κ1) is 18.9. The van der Waals surface area contributed by atoms with E-state index in [0.29, 0.717) is 23.3 Å². The van der Waals surface area contributed by atoms with Crippen LogP contribution in [0.1, 0.15) is 25.3 Å². The molecule has 1 fully saturated rings. The number of hydrogen-bond donors (Lipinski definition) is 1. The highest BCUT2D eigenvalue weighted by atomic mass is 79.9. The molecule has 1 aromatic heterocycles. The van der Waals surface area contributed by atoms with Crippen LogP contribution >= 0.6 is 15.9 Å². The van der Waals surface area contributed by atoms with Gasteiger partial charge in [-0.15, -0.1) is 0 Å². The van der Waals surface area contributed by atoms with Crippen molar-refractivity contribution < 1.29 is 9.47 Å². The second-order valence-electron chi connectivity index (χ2n) is 6.50. The van der Waals surface area contributed by atoms with E-state index in [2.05, 4.69) is 38.5 Å². The minimum Gasteiger partial charge on any atom is -0.494 e. The molecule has 1 aromatic carbocycles. The van der Waals surface area contributed by atoms with Gasteiger partial charge < -0.3 is 14.8 Å². The summed E-state index contributed by atoms with van der Waals surface area (Å²) < 4.78 is 13.0. The second kappa shape index (κ2) is 8.22. The molecule has 0 atom stereocenters. The SMILES string of the molecule is CCOc1ccc(C2(CNc3cnn(C)c(=O)c3Br)CCOCC2)cc1. The zero-order valence-electron chi connectivity index (χ0n) is 15.1. The van der Waals surface area contributed by atoms with E-state index < -0.39 is 0 Å². The molecule has 2 heterocycles. The predicted octanol–water partition coefficient (Wildman–Crippen LogP) is 3.10. The molecule has 0 saturated carbocycles. The largest absolute Gasteiger partial charge is 0.494 e. The fraction of sp³-hybridized carbons (Fsp3) is 0.474. The van der Waals surface area contributed by atoms with Crippen molar-refractivity contribution in [2.45, 2.75) is 25.2 Å². The van der Waals surface area contributed by atoms with E-state index >= 15 is 0 Å². The Morgan fingerprint density at radius 2 is 2.00 bits per heavy atom. The predicted molar refractivity (Wildman–Crippen MR) is 105 cm³/mol. The van der Waals surface area contributed by atoms with E-state index in [1.54, 1.807) is 13.2 Å². The summed E-state index contributed by atoms with van der Waals surface area (Å²) in [6, 6.07) is 8.31. The highest BCUT2D eigenvalue weighted by Gasteiger charge is 2.34. The van der Waals surface area contributed by atoms with Crippen LogP contribution in [0.3, 0.4) is 0 Å². The van der Waals surface area contributed by atoms with Gasteiger partial charge in [-0.05, 0) is 53.4 Å². The van der Waals surface area contributed by atoms with Crippen LogP contribution < -0.4 is 15.6 Å². The van der Waals surface area contributed by atoms with Crippen LogP contribution in [0, 0.1) is 0 Å². The molecular formula is C19H24BrN3O3. The van der Waals surface area contributed by atoms with Crippen molar-refractivity contribution in [1.29, 1.82) is 0 Å². The summed E-state index contributed by atoms with van der Waals surface area (Å²) >= 11 is 3.38. The van der Waals surface area contributed by atoms with E-state index in [1.165, 1.54) is 10.2 Å². The Kier molecular flexibility index (Phi) is 5.98. The van der Waals surface area contributed by atoms with Gasteiger partial charge in [-0.1, -0.05) is 12.1 Å². The Morgan fingerprint density at radius 1 is 1.31 bits per heavy atom. The molecule has 140 valence electrons. The lowest BCUT2D eigenvalue weighted by Crippen LogP contribution is -2.40. The molecule has 7 heteroatoms. The molecule has 6 nitrogen and oxygen atoms in total. The van der Waals surface area contributed by atoms with E-state index in [-0.39, 0.29) is 11.0 Å². The molecule has 0 bridgehead atoms. The number of rotatable bonds is 6. The van der Waals surface area contributed by atoms with Gasteiger partial charge >= 0.3 is 0 Å². The van der Waals surface area contributed by atoms with Gasteiger partial charge in [-0.2, -0.15) is 5.10 Å². The maximum Gasteiger partial charge on any atom is 0.282 e. The number of anilines is 1. The molecule has 2 aromatic rings. The van der Waals surface area contributed by atoms with Gasteiger partial charge in [0, 0.05) is 32.2 Å². The summed E-state index contributed by atoms with van der Waals surface area (Å²) in [6.07, 6.45) is 3.52. The average molecular weight is 422 g/mol. The van der Waals surface area contributed by atoms with Gasteiger partial charge in [0.05, 0.1) is 18.5 Å². The number of halogens is 1. The molecule has 1 aliphatic rings. The third kappa shape index (κ3) is 3.94. The van der Waals surface area contributed by atoms with Gasteiger partial charge in [0.1, 0.15) is 10.2 Å². The number of aromatic nitrogens is 2. The van der Waals surface area contributed by atoms with E-state index in [4.69, 9.17) is 9.47 Å². The van der Waals surface area contributed by atoms with Gasteiger partial charge in [-0.3, -0.25) is 4.79 Å². The van der Waals surface area contributed by atoms with Crippen molar-refractivity contribution in [3.8, 4) is 5.75 Å². The maximum atomic E-state index is 12.1. The van der Waals surface area contributed by atoms with Crippen LogP contribution in [0.15, 0.2) is 39.7 Å². The summed E-state index contributed by atoms with van der Waals surface area (Å²) in [7, 11) is 1.64. The molecular weight excluding hydrogens is 398 g/mol. The number of nitrogens with zero attached hydrogens (tertiary/aromatic N) is 2. The van der Waals surface area contributed by atoms with Crippen molar-refractivity contribution in [1.82, 2.24) is 9.78 Å². The Labute approximate surface area is 161 Å². The van der Waals surface area contributed by atoms with E-state index in [9.17, 15) is 4.79 Å². The number of hydrogen-bond acceptors (Lipinski definition) is 5. The van der Waals surface area contributed by atoms with Crippen molar-refractivity contribution in [3.63, 3.8) is 0 Å². The summed E-state index contributed by atoms with van der Waals surface area (Å²) in [5.74, 6) is 0.880. The standard InChI is InChI=1S/C19H24BrN3O3/c1-3-26-15-6-4-14(5-7-15)19(8-10-25-11-9-19)13-21-16-12-22-23(2)18(24)17(16)20/h4-7,12,21H,3,8-11,13H2,1-2H3. The van der Waals surface area contributed by atoms with Crippen LogP contribution in [0.5, 0.6) is 5.75 Å². The first-order valence-corrected chi connectivity index (χ1v) is 9.62. The highest BCUT2D eigenvalue weighted by molar-refractivity contribution is 9.10. The Hall–Kier alpha value is -1.86. The number of ether oxygens (including phenoxy) is 2. The van der Waals surface area contributed by atoms with Crippen molar-refractivity contribution >= 4 is 21.6 Å². The van der Waals surface area contributed by atoms with Gasteiger partial charge in [0.25, 0.3) is 5.56 Å². The van der Waals surface area contributed by atoms with Crippen molar-refractivity contribution in [3.05, 3.63) is 50.9 Å². The molecule has 0 unspecified atom stereocenters. The summed E-state index contributed by atoms with van der Waals surface area (Å²) in [4.78, 5) is 12.1. The molecule has 0 amide bonds. The first-order chi connectivity index (χ1) is 12.6. The lowest BCUT2D eigenvalue weighted by atomic mass is 9.74. The molecule has 1 saturated heterocycles. The minimum absolute atomic E-state index is 0.0521. The zero-order valence-corrected chi connectivity index (χ0v) is 16.7. The maximum absolute atomic E-state index is 12.1. The number of aryl methyl sites for hydroxylation is 1. The first-order valence-electron chi connectivity index (χ1n) is 8.82. The summed E-state index contributed by atoms with van der Waals surface area (Å²) in [5.41, 5.74) is 1.76. The highest BCUT2D eigenvalue weighted by Crippen LogP contribution is 2.36. The van der Waals surface area contributed by atoms with Crippen molar-refractivity contribution in [2.24, 2.45) is 7.05 Å². The minimum atomic E-state index is -0.155. The lowest BCUT2D eigenvalue weighted by Gasteiger charge is -2.38. The quantitative estimate of drug-likeness (QED) is 0.775. The number of nitrogens with one attached hydrogen (secondary N) is 1. The topological polar surface area (TPSA) is 65.4 Å². The number of benzene rings is 1. The van der Waals surface area contributed by atoms with Crippen molar-refractivity contribution in [2.75, 3.05) is 31.7 Å². The Morgan fingerprint density at radius 3 is 2.65 bits per heavy atom. The lowest BCUT2D eigenvalue weighted by molar-refractivity contribution is 0.0543. The molecule has 3 rings (SSSR count). The fourth-order valence-electron chi connectivity index (χ4n) is 3.30. The second-order valence-corrected chi connectivity index (χ2v) is 7.30. The average Bonchev–Trinajstić information content (AvgIpc) is 2.67. The van der Waals surface area contributed by atoms with E-state index in [0.717, 1.165) is 31.8 Å².